The van der Waals surface area contributed by atoms with Gasteiger partial charge in [-0.05, 0) is 18.2 Å². The Morgan fingerprint density at radius 1 is 1.48 bits per heavy atom. The van der Waals surface area contributed by atoms with E-state index in [1.54, 1.807) is 17.9 Å². The van der Waals surface area contributed by atoms with Gasteiger partial charge in [0.2, 0.25) is 5.91 Å². The lowest BCUT2D eigenvalue weighted by molar-refractivity contribution is -0.117. The fourth-order valence-corrected chi connectivity index (χ4v) is 6.74. The number of hydrogen-bond donors (Lipinski definition) is 0. The molecule has 2 saturated heterocycles. The van der Waals surface area contributed by atoms with Crippen LogP contribution in [0.3, 0.4) is 0 Å². The number of nitrogens with zero attached hydrogens (tertiary/aromatic N) is 2. The first-order valence-corrected chi connectivity index (χ1v) is 10.1. The molecule has 0 aliphatic carbocycles. The summed E-state index contributed by atoms with van der Waals surface area (Å²) in [6, 6.07) is 3.90. The van der Waals surface area contributed by atoms with Crippen LogP contribution in [0.1, 0.15) is 13.3 Å². The summed E-state index contributed by atoms with van der Waals surface area (Å²) in [5.41, 5.74) is 0.451. The monoisotopic (exact) mass is 376 g/mol. The molecule has 23 heavy (non-hydrogen) atoms. The van der Waals surface area contributed by atoms with E-state index in [-0.39, 0.29) is 40.1 Å². The molecule has 2 aliphatic rings. The van der Waals surface area contributed by atoms with E-state index in [1.807, 2.05) is 0 Å². The molecule has 124 valence electrons. The van der Waals surface area contributed by atoms with E-state index in [4.69, 9.17) is 11.6 Å². The summed E-state index contributed by atoms with van der Waals surface area (Å²) in [7, 11) is -3.14. The van der Waals surface area contributed by atoms with Crippen LogP contribution in [0.25, 0.3) is 0 Å². The third-order valence-corrected chi connectivity index (χ3v) is 7.29. The predicted molar refractivity (Wildman–Crippen MR) is 90.4 cm³/mol. The molecule has 0 N–H and O–H groups in total. The maximum Gasteiger partial charge on any atom is 0.247 e. The first kappa shape index (κ1) is 16.7. The smallest absolute Gasteiger partial charge is 0.247 e. The van der Waals surface area contributed by atoms with Gasteiger partial charge in [-0.1, -0.05) is 30.3 Å². The zero-order chi connectivity index (χ0) is 16.8. The van der Waals surface area contributed by atoms with Crippen molar-refractivity contribution in [3.05, 3.63) is 29.0 Å². The predicted octanol–water partition coefficient (Wildman–Crippen LogP) is 2.49. The molecule has 3 rings (SSSR count). The van der Waals surface area contributed by atoms with Gasteiger partial charge in [-0.15, -0.1) is 0 Å². The Bertz CT molecular complexity index is 797. The Labute approximate surface area is 142 Å². The second kappa shape index (κ2) is 6.07. The third-order valence-electron chi connectivity index (χ3n) is 3.77. The SMILES string of the molecule is CCC(=O)N=C1SC2CS(=O)(=O)CC2N1c1ccc(Cl)c(F)c1. The molecular formula is C14H14ClFN2O3S2. The summed E-state index contributed by atoms with van der Waals surface area (Å²) in [6.45, 7) is 1.70. The van der Waals surface area contributed by atoms with Crippen LogP contribution in [0.15, 0.2) is 23.2 Å². The highest BCUT2D eigenvalue weighted by atomic mass is 35.5. The molecule has 1 amide bonds. The fourth-order valence-electron chi connectivity index (χ4n) is 2.69. The average Bonchev–Trinajstić information content (AvgIpc) is 2.93. The number of fused-ring (bicyclic) bond motifs is 1. The van der Waals surface area contributed by atoms with Crippen LogP contribution in [0.4, 0.5) is 10.1 Å². The van der Waals surface area contributed by atoms with Crippen LogP contribution in [-0.2, 0) is 14.6 Å². The zero-order valence-electron chi connectivity index (χ0n) is 12.2. The van der Waals surface area contributed by atoms with Crippen LogP contribution in [-0.4, -0.2) is 42.3 Å². The quantitative estimate of drug-likeness (QED) is 0.793. The Balaban J connectivity index is 2.04. The molecule has 2 fully saturated rings. The van der Waals surface area contributed by atoms with Crippen molar-refractivity contribution in [2.45, 2.75) is 24.6 Å². The summed E-state index contributed by atoms with van der Waals surface area (Å²) in [5, 5.41) is 0.199. The minimum atomic E-state index is -3.14. The number of amides is 1. The number of benzene rings is 1. The van der Waals surface area contributed by atoms with Crippen LogP contribution < -0.4 is 4.90 Å². The van der Waals surface area contributed by atoms with Crippen molar-refractivity contribution in [3.63, 3.8) is 0 Å². The van der Waals surface area contributed by atoms with Crippen molar-refractivity contribution in [3.8, 4) is 0 Å². The topological polar surface area (TPSA) is 66.8 Å². The van der Waals surface area contributed by atoms with E-state index in [9.17, 15) is 17.6 Å². The van der Waals surface area contributed by atoms with E-state index in [0.717, 1.165) is 0 Å². The number of halogens is 2. The van der Waals surface area contributed by atoms with E-state index >= 15 is 0 Å². The van der Waals surface area contributed by atoms with Gasteiger partial charge in [0.1, 0.15) is 5.82 Å². The number of amidine groups is 1. The maximum atomic E-state index is 13.8. The Morgan fingerprint density at radius 2 is 2.22 bits per heavy atom. The lowest BCUT2D eigenvalue weighted by Gasteiger charge is -2.24. The number of thioether (sulfide) groups is 1. The van der Waals surface area contributed by atoms with Crippen molar-refractivity contribution in [2.24, 2.45) is 4.99 Å². The van der Waals surface area contributed by atoms with Crippen LogP contribution in [0, 0.1) is 5.82 Å². The largest absolute Gasteiger partial charge is 0.315 e. The molecule has 2 atom stereocenters. The van der Waals surface area contributed by atoms with Crippen molar-refractivity contribution >= 4 is 50.0 Å². The Morgan fingerprint density at radius 3 is 2.87 bits per heavy atom. The molecule has 2 aliphatic heterocycles. The van der Waals surface area contributed by atoms with Gasteiger partial charge >= 0.3 is 0 Å². The molecule has 9 heteroatoms. The van der Waals surface area contributed by atoms with Gasteiger partial charge in [0.15, 0.2) is 15.0 Å². The number of carbonyl (C=O) groups excluding carboxylic acids is 1. The van der Waals surface area contributed by atoms with Crippen LogP contribution in [0.5, 0.6) is 0 Å². The second-order valence-corrected chi connectivity index (χ2v) is 9.18. The highest BCUT2D eigenvalue weighted by molar-refractivity contribution is 8.16. The van der Waals surface area contributed by atoms with Gasteiger partial charge in [0.05, 0.1) is 22.6 Å². The molecule has 1 aromatic rings. The molecule has 0 saturated carbocycles. The highest BCUT2D eigenvalue weighted by Gasteiger charge is 2.49. The van der Waals surface area contributed by atoms with Gasteiger partial charge in [-0.25, -0.2) is 12.8 Å². The molecule has 5 nitrogen and oxygen atoms in total. The molecule has 0 bridgehead atoms. The minimum Gasteiger partial charge on any atom is -0.315 e. The molecular weight excluding hydrogens is 363 g/mol. The zero-order valence-corrected chi connectivity index (χ0v) is 14.6. The summed E-state index contributed by atoms with van der Waals surface area (Å²) >= 11 is 6.97. The number of aliphatic imine (C=N–C) groups is 1. The number of rotatable bonds is 2. The number of carbonyl (C=O) groups is 1. The van der Waals surface area contributed by atoms with E-state index in [0.29, 0.717) is 10.9 Å². The van der Waals surface area contributed by atoms with Gasteiger partial charge < -0.3 is 4.90 Å². The van der Waals surface area contributed by atoms with Crippen LogP contribution in [0.2, 0.25) is 5.02 Å². The van der Waals surface area contributed by atoms with Gasteiger partial charge in [0, 0.05) is 17.4 Å². The number of hydrogen-bond acceptors (Lipinski definition) is 4. The van der Waals surface area contributed by atoms with Gasteiger partial charge in [-0.3, -0.25) is 4.79 Å². The first-order chi connectivity index (χ1) is 10.8. The summed E-state index contributed by atoms with van der Waals surface area (Å²) in [5.74, 6) is -0.892. The second-order valence-electron chi connectivity index (χ2n) is 5.41. The average molecular weight is 377 g/mol. The Hall–Kier alpha value is -1.12. The normalized spacial score (nSPS) is 27.4. The third kappa shape index (κ3) is 3.25. The molecule has 1 aromatic carbocycles. The molecule has 0 radical (unpaired) electrons. The minimum absolute atomic E-state index is 0.0145. The maximum absolute atomic E-state index is 13.8. The molecule has 0 spiro atoms. The van der Waals surface area contributed by atoms with E-state index in [1.165, 1.54) is 23.9 Å². The number of sulfone groups is 1. The first-order valence-electron chi connectivity index (χ1n) is 7.03. The standard InChI is InChI=1S/C14H14ClFN2O3S2/c1-2-13(19)17-14-18(8-3-4-9(15)10(16)5-8)11-6-23(20,21)7-12(11)22-14/h3-5,11-12H,2,6-7H2,1H3. The summed E-state index contributed by atoms with van der Waals surface area (Å²) in [4.78, 5) is 17.4. The van der Waals surface area contributed by atoms with Gasteiger partial charge in [0.25, 0.3) is 0 Å². The van der Waals surface area contributed by atoms with Crippen molar-refractivity contribution < 1.29 is 17.6 Å². The van der Waals surface area contributed by atoms with Crippen molar-refractivity contribution in [1.29, 1.82) is 0 Å². The summed E-state index contributed by atoms with van der Waals surface area (Å²) in [6.07, 6.45) is 0.251. The van der Waals surface area contributed by atoms with Crippen molar-refractivity contribution in [2.75, 3.05) is 16.4 Å². The summed E-state index contributed by atoms with van der Waals surface area (Å²) < 4.78 is 37.6. The lowest BCUT2D eigenvalue weighted by atomic mass is 10.2. The highest BCUT2D eigenvalue weighted by Crippen LogP contribution is 2.41. The van der Waals surface area contributed by atoms with Gasteiger partial charge in [-0.2, -0.15) is 4.99 Å². The molecule has 2 unspecified atom stereocenters. The fraction of sp³-hybridized carbons (Fsp3) is 0.429. The van der Waals surface area contributed by atoms with Crippen molar-refractivity contribution in [1.82, 2.24) is 0 Å². The number of anilines is 1. The van der Waals surface area contributed by atoms with Crippen LogP contribution >= 0.6 is 23.4 Å². The Kier molecular flexibility index (Phi) is 4.41. The van der Waals surface area contributed by atoms with E-state index in [2.05, 4.69) is 4.99 Å². The van der Waals surface area contributed by atoms with E-state index < -0.39 is 15.7 Å². The molecule has 2 heterocycles. The lowest BCUT2D eigenvalue weighted by Crippen LogP contribution is -2.37. The molecule has 0 aromatic heterocycles.